The Balaban J connectivity index is 2.37. The highest BCUT2D eigenvalue weighted by Crippen LogP contribution is 2.07. The van der Waals surface area contributed by atoms with E-state index in [2.05, 4.69) is 12.2 Å². The third kappa shape index (κ3) is 4.85. The van der Waals surface area contributed by atoms with E-state index in [4.69, 9.17) is 10.8 Å². The molecule has 0 aliphatic carbocycles. The van der Waals surface area contributed by atoms with Gasteiger partial charge in [-0.2, -0.15) is 0 Å². The van der Waals surface area contributed by atoms with Crippen LogP contribution < -0.4 is 11.1 Å². The van der Waals surface area contributed by atoms with Gasteiger partial charge in [-0.15, -0.1) is 0 Å². The topological polar surface area (TPSA) is 75.3 Å². The van der Waals surface area contributed by atoms with Gasteiger partial charge in [0.05, 0.1) is 0 Å². The normalized spacial score (nSPS) is 12.3. The van der Waals surface area contributed by atoms with Crippen LogP contribution in [0.4, 0.5) is 0 Å². The van der Waals surface area contributed by atoms with Crippen molar-refractivity contribution in [3.05, 3.63) is 35.4 Å². The minimum Gasteiger partial charge on any atom is -0.396 e. The molecule has 0 spiro atoms. The van der Waals surface area contributed by atoms with Gasteiger partial charge in [-0.3, -0.25) is 4.79 Å². The van der Waals surface area contributed by atoms with E-state index in [1.54, 1.807) is 12.1 Å². The highest BCUT2D eigenvalue weighted by Gasteiger charge is 2.05. The maximum absolute atomic E-state index is 10.9. The SMILES string of the molecule is CCC(CCO)CNCc1ccc(C(N)=O)cc1. The molecule has 1 atom stereocenters. The second-order valence-electron chi connectivity index (χ2n) is 4.48. The van der Waals surface area contributed by atoms with Gasteiger partial charge in [0.15, 0.2) is 0 Å². The number of primary amides is 1. The molecule has 1 rings (SSSR count). The van der Waals surface area contributed by atoms with E-state index in [1.165, 1.54) is 0 Å². The van der Waals surface area contributed by atoms with E-state index in [9.17, 15) is 4.79 Å². The van der Waals surface area contributed by atoms with Crippen molar-refractivity contribution in [3.8, 4) is 0 Å². The number of rotatable bonds is 8. The lowest BCUT2D eigenvalue weighted by atomic mass is 10.0. The van der Waals surface area contributed by atoms with Gasteiger partial charge in [-0.1, -0.05) is 25.5 Å². The number of hydrogen-bond acceptors (Lipinski definition) is 3. The van der Waals surface area contributed by atoms with Gasteiger partial charge in [-0.05, 0) is 36.6 Å². The Labute approximate surface area is 108 Å². The summed E-state index contributed by atoms with van der Waals surface area (Å²) in [6, 6.07) is 7.29. The summed E-state index contributed by atoms with van der Waals surface area (Å²) < 4.78 is 0. The smallest absolute Gasteiger partial charge is 0.248 e. The summed E-state index contributed by atoms with van der Waals surface area (Å²) in [6.07, 6.45) is 1.90. The van der Waals surface area contributed by atoms with Crippen molar-refractivity contribution in [2.75, 3.05) is 13.2 Å². The molecule has 4 nitrogen and oxygen atoms in total. The summed E-state index contributed by atoms with van der Waals surface area (Å²) in [7, 11) is 0. The maximum atomic E-state index is 10.9. The molecule has 0 aromatic heterocycles. The van der Waals surface area contributed by atoms with Crippen molar-refractivity contribution in [2.24, 2.45) is 11.7 Å². The van der Waals surface area contributed by atoms with E-state index in [-0.39, 0.29) is 6.61 Å². The quantitative estimate of drug-likeness (QED) is 0.650. The maximum Gasteiger partial charge on any atom is 0.248 e. The Morgan fingerprint density at radius 1 is 1.39 bits per heavy atom. The van der Waals surface area contributed by atoms with E-state index < -0.39 is 5.91 Å². The van der Waals surface area contributed by atoms with Crippen molar-refractivity contribution in [1.29, 1.82) is 0 Å². The summed E-state index contributed by atoms with van der Waals surface area (Å²) in [6.45, 7) is 4.03. The van der Waals surface area contributed by atoms with Crippen molar-refractivity contribution >= 4 is 5.91 Å². The second kappa shape index (κ2) is 7.84. The molecular formula is C14H22N2O2. The van der Waals surface area contributed by atoms with Crippen LogP contribution in [0.5, 0.6) is 0 Å². The third-order valence-corrected chi connectivity index (χ3v) is 3.12. The van der Waals surface area contributed by atoms with Crippen LogP contribution >= 0.6 is 0 Å². The number of nitrogens with one attached hydrogen (secondary N) is 1. The molecule has 0 fully saturated rings. The lowest BCUT2D eigenvalue weighted by Crippen LogP contribution is -2.23. The highest BCUT2D eigenvalue weighted by atomic mass is 16.3. The van der Waals surface area contributed by atoms with Crippen LogP contribution in [-0.4, -0.2) is 24.2 Å². The predicted octanol–water partition coefficient (Wildman–Crippen LogP) is 1.28. The second-order valence-corrected chi connectivity index (χ2v) is 4.48. The van der Waals surface area contributed by atoms with Gasteiger partial charge < -0.3 is 16.2 Å². The lowest BCUT2D eigenvalue weighted by molar-refractivity contribution is 0.100. The van der Waals surface area contributed by atoms with Crippen LogP contribution in [-0.2, 0) is 6.54 Å². The largest absolute Gasteiger partial charge is 0.396 e. The number of aliphatic hydroxyl groups excluding tert-OH is 1. The van der Waals surface area contributed by atoms with E-state index in [0.29, 0.717) is 11.5 Å². The van der Waals surface area contributed by atoms with Gasteiger partial charge in [0.2, 0.25) is 5.91 Å². The monoisotopic (exact) mass is 250 g/mol. The molecule has 0 aliphatic heterocycles. The zero-order valence-corrected chi connectivity index (χ0v) is 10.9. The molecule has 0 bridgehead atoms. The molecular weight excluding hydrogens is 228 g/mol. The number of hydrogen-bond donors (Lipinski definition) is 3. The van der Waals surface area contributed by atoms with Crippen LogP contribution in [0.25, 0.3) is 0 Å². The van der Waals surface area contributed by atoms with Crippen LogP contribution in [0.1, 0.15) is 35.7 Å². The Hall–Kier alpha value is -1.39. The van der Waals surface area contributed by atoms with Crippen molar-refractivity contribution in [1.82, 2.24) is 5.32 Å². The molecule has 1 unspecified atom stereocenters. The first-order chi connectivity index (χ1) is 8.67. The predicted molar refractivity (Wildman–Crippen MR) is 72.2 cm³/mol. The summed E-state index contributed by atoms with van der Waals surface area (Å²) >= 11 is 0. The molecule has 0 radical (unpaired) electrons. The van der Waals surface area contributed by atoms with Crippen molar-refractivity contribution in [3.63, 3.8) is 0 Å². The van der Waals surface area contributed by atoms with Gasteiger partial charge in [-0.25, -0.2) is 0 Å². The van der Waals surface area contributed by atoms with Gasteiger partial charge in [0, 0.05) is 18.7 Å². The van der Waals surface area contributed by atoms with Gasteiger partial charge in [0.1, 0.15) is 0 Å². The Morgan fingerprint density at radius 3 is 2.56 bits per heavy atom. The Bertz CT molecular complexity index is 363. The van der Waals surface area contributed by atoms with E-state index in [1.807, 2.05) is 12.1 Å². The fourth-order valence-electron chi connectivity index (χ4n) is 1.84. The molecule has 0 heterocycles. The number of carbonyl (C=O) groups excluding carboxylic acids is 1. The molecule has 0 saturated heterocycles. The fourth-order valence-corrected chi connectivity index (χ4v) is 1.84. The number of carbonyl (C=O) groups is 1. The fraction of sp³-hybridized carbons (Fsp3) is 0.500. The molecule has 0 aliphatic rings. The average molecular weight is 250 g/mol. The molecule has 18 heavy (non-hydrogen) atoms. The first-order valence-electron chi connectivity index (χ1n) is 6.37. The summed E-state index contributed by atoms with van der Waals surface area (Å²) in [5, 5.41) is 12.3. The number of aliphatic hydroxyl groups is 1. The van der Waals surface area contributed by atoms with Crippen LogP contribution in [0.15, 0.2) is 24.3 Å². The summed E-state index contributed by atoms with van der Waals surface area (Å²) in [5.74, 6) is 0.114. The summed E-state index contributed by atoms with van der Waals surface area (Å²) in [5.41, 5.74) is 6.83. The highest BCUT2D eigenvalue weighted by molar-refractivity contribution is 5.92. The Morgan fingerprint density at radius 2 is 2.06 bits per heavy atom. The zero-order chi connectivity index (χ0) is 13.4. The molecule has 4 N–H and O–H groups in total. The van der Waals surface area contributed by atoms with E-state index in [0.717, 1.165) is 31.5 Å². The van der Waals surface area contributed by atoms with Gasteiger partial charge >= 0.3 is 0 Å². The molecule has 100 valence electrons. The van der Waals surface area contributed by atoms with Crippen molar-refractivity contribution in [2.45, 2.75) is 26.3 Å². The molecule has 1 amide bonds. The Kier molecular flexibility index (Phi) is 6.39. The lowest BCUT2D eigenvalue weighted by Gasteiger charge is -2.14. The molecule has 1 aromatic carbocycles. The summed E-state index contributed by atoms with van der Waals surface area (Å²) in [4.78, 5) is 10.9. The molecule has 4 heteroatoms. The van der Waals surface area contributed by atoms with Crippen LogP contribution in [0, 0.1) is 5.92 Å². The minimum atomic E-state index is -0.400. The van der Waals surface area contributed by atoms with E-state index >= 15 is 0 Å². The first-order valence-corrected chi connectivity index (χ1v) is 6.37. The number of nitrogens with two attached hydrogens (primary N) is 1. The standard InChI is InChI=1S/C14H22N2O2/c1-2-11(7-8-17)9-16-10-12-3-5-13(6-4-12)14(15)18/h3-6,11,16-17H,2,7-10H2,1H3,(H2,15,18). The zero-order valence-electron chi connectivity index (χ0n) is 10.9. The first kappa shape index (κ1) is 14.7. The van der Waals surface area contributed by atoms with Crippen LogP contribution in [0.3, 0.4) is 0 Å². The molecule has 1 aromatic rings. The van der Waals surface area contributed by atoms with Crippen LogP contribution in [0.2, 0.25) is 0 Å². The third-order valence-electron chi connectivity index (χ3n) is 3.12. The number of benzene rings is 1. The van der Waals surface area contributed by atoms with Gasteiger partial charge in [0.25, 0.3) is 0 Å². The van der Waals surface area contributed by atoms with Crippen molar-refractivity contribution < 1.29 is 9.90 Å². The average Bonchev–Trinajstić information content (AvgIpc) is 2.38. The number of amides is 1. The minimum absolute atomic E-state index is 0.244. The molecule has 0 saturated carbocycles.